The van der Waals surface area contributed by atoms with Gasteiger partial charge in [0.2, 0.25) is 0 Å². The number of aliphatic hydroxyl groups excluding tert-OH is 1. The Bertz CT molecular complexity index is 109. The molecule has 0 aliphatic rings. The Hall–Kier alpha value is -0.160. The summed E-state index contributed by atoms with van der Waals surface area (Å²) in [5, 5.41) is 12.4. The van der Waals surface area contributed by atoms with Crippen LogP contribution in [0, 0.1) is 0 Å². The Morgan fingerprint density at radius 1 is 1.50 bits per heavy atom. The fourth-order valence-electron chi connectivity index (χ4n) is 0.759. The highest BCUT2D eigenvalue weighted by atomic mass is 16.5. The molecular formula is C8H20N2O2. The van der Waals surface area contributed by atoms with Crippen LogP contribution in [0.3, 0.4) is 0 Å². The van der Waals surface area contributed by atoms with Gasteiger partial charge in [0, 0.05) is 25.7 Å². The zero-order valence-corrected chi connectivity index (χ0v) is 8.08. The molecule has 0 amide bonds. The molecule has 0 spiro atoms. The lowest BCUT2D eigenvalue weighted by atomic mass is 10.2. The highest BCUT2D eigenvalue weighted by Gasteiger charge is 2.09. The lowest BCUT2D eigenvalue weighted by Gasteiger charge is -2.19. The molecule has 4 N–H and O–H groups in total. The maximum Gasteiger partial charge on any atom is 0.0897 e. The van der Waals surface area contributed by atoms with E-state index >= 15 is 0 Å². The van der Waals surface area contributed by atoms with Crippen molar-refractivity contribution >= 4 is 0 Å². The van der Waals surface area contributed by atoms with E-state index in [1.807, 2.05) is 13.8 Å². The van der Waals surface area contributed by atoms with E-state index in [9.17, 15) is 5.11 Å². The monoisotopic (exact) mass is 176 g/mol. The predicted molar refractivity (Wildman–Crippen MR) is 49.0 cm³/mol. The molecule has 0 aliphatic heterocycles. The largest absolute Gasteiger partial charge is 0.389 e. The summed E-state index contributed by atoms with van der Waals surface area (Å²) in [7, 11) is 1.57. The van der Waals surface area contributed by atoms with Crippen molar-refractivity contribution in [3.05, 3.63) is 0 Å². The number of nitrogens with two attached hydrogens (primary N) is 1. The van der Waals surface area contributed by atoms with Crippen molar-refractivity contribution in [1.82, 2.24) is 5.32 Å². The Morgan fingerprint density at radius 3 is 2.50 bits per heavy atom. The van der Waals surface area contributed by atoms with Gasteiger partial charge >= 0.3 is 0 Å². The molecule has 0 aromatic rings. The van der Waals surface area contributed by atoms with Gasteiger partial charge in [0.25, 0.3) is 0 Å². The Labute approximate surface area is 74.1 Å². The third-order valence-electron chi connectivity index (χ3n) is 1.82. The molecule has 0 aliphatic carbocycles. The summed E-state index contributed by atoms with van der Waals surface area (Å²) in [5.74, 6) is 0. The van der Waals surface area contributed by atoms with Gasteiger partial charge in [-0.25, -0.2) is 0 Å². The SMILES string of the molecule is COCC(O)CNC(C)C(C)N. The summed E-state index contributed by atoms with van der Waals surface area (Å²) >= 11 is 0. The van der Waals surface area contributed by atoms with E-state index in [2.05, 4.69) is 5.32 Å². The van der Waals surface area contributed by atoms with Gasteiger partial charge in [-0.2, -0.15) is 0 Å². The summed E-state index contributed by atoms with van der Waals surface area (Å²) < 4.78 is 4.78. The normalized spacial score (nSPS) is 18.8. The first-order valence-electron chi connectivity index (χ1n) is 4.24. The Morgan fingerprint density at radius 2 is 2.08 bits per heavy atom. The average Bonchev–Trinajstić information content (AvgIpc) is 2.00. The Balaban J connectivity index is 3.40. The summed E-state index contributed by atoms with van der Waals surface area (Å²) in [6.45, 7) is 4.81. The lowest BCUT2D eigenvalue weighted by molar-refractivity contribution is 0.0626. The molecule has 0 bridgehead atoms. The van der Waals surface area contributed by atoms with Crippen LogP contribution < -0.4 is 11.1 Å². The van der Waals surface area contributed by atoms with E-state index in [-0.39, 0.29) is 12.1 Å². The van der Waals surface area contributed by atoms with Crippen LogP contribution in [0.4, 0.5) is 0 Å². The molecule has 0 saturated heterocycles. The van der Waals surface area contributed by atoms with Crippen molar-refractivity contribution in [2.75, 3.05) is 20.3 Å². The van der Waals surface area contributed by atoms with Crippen molar-refractivity contribution in [1.29, 1.82) is 0 Å². The summed E-state index contributed by atoms with van der Waals surface area (Å²) in [4.78, 5) is 0. The minimum atomic E-state index is -0.448. The molecule has 3 atom stereocenters. The summed E-state index contributed by atoms with van der Waals surface area (Å²) in [6.07, 6.45) is -0.448. The Kier molecular flexibility index (Phi) is 6.28. The highest BCUT2D eigenvalue weighted by Crippen LogP contribution is 1.88. The highest BCUT2D eigenvalue weighted by molar-refractivity contribution is 4.72. The van der Waals surface area contributed by atoms with Crippen LogP contribution in [0.15, 0.2) is 0 Å². The van der Waals surface area contributed by atoms with E-state index in [0.717, 1.165) is 0 Å². The predicted octanol–water partition coefficient (Wildman–Crippen LogP) is -0.681. The molecule has 0 heterocycles. The first kappa shape index (κ1) is 11.8. The molecule has 0 fully saturated rings. The number of ether oxygens (including phenoxy) is 1. The second kappa shape index (κ2) is 6.37. The van der Waals surface area contributed by atoms with E-state index in [0.29, 0.717) is 13.2 Å². The smallest absolute Gasteiger partial charge is 0.0897 e. The zero-order valence-electron chi connectivity index (χ0n) is 8.08. The molecule has 0 radical (unpaired) electrons. The standard InChI is InChI=1S/C8H20N2O2/c1-6(9)7(2)10-4-8(11)5-12-3/h6-8,10-11H,4-5,9H2,1-3H3. The van der Waals surface area contributed by atoms with Crippen LogP contribution >= 0.6 is 0 Å². The lowest BCUT2D eigenvalue weighted by Crippen LogP contribution is -2.44. The molecular weight excluding hydrogens is 156 g/mol. The molecule has 4 heteroatoms. The molecule has 0 saturated carbocycles. The van der Waals surface area contributed by atoms with Crippen molar-refractivity contribution < 1.29 is 9.84 Å². The first-order valence-corrected chi connectivity index (χ1v) is 4.24. The third-order valence-corrected chi connectivity index (χ3v) is 1.82. The van der Waals surface area contributed by atoms with Gasteiger partial charge in [-0.1, -0.05) is 0 Å². The molecule has 3 unspecified atom stereocenters. The maximum absolute atomic E-state index is 9.25. The van der Waals surface area contributed by atoms with Crippen LogP contribution in [0.1, 0.15) is 13.8 Å². The van der Waals surface area contributed by atoms with Gasteiger partial charge in [0.15, 0.2) is 0 Å². The third kappa shape index (κ3) is 5.49. The average molecular weight is 176 g/mol. The first-order chi connectivity index (χ1) is 5.57. The summed E-state index contributed by atoms with van der Waals surface area (Å²) in [6, 6.07) is 0.316. The molecule has 74 valence electrons. The van der Waals surface area contributed by atoms with Gasteiger partial charge < -0.3 is 20.9 Å². The van der Waals surface area contributed by atoms with Crippen LogP contribution in [0.25, 0.3) is 0 Å². The van der Waals surface area contributed by atoms with Gasteiger partial charge in [0.1, 0.15) is 0 Å². The minimum Gasteiger partial charge on any atom is -0.389 e. The van der Waals surface area contributed by atoms with Crippen molar-refractivity contribution in [2.45, 2.75) is 32.0 Å². The molecule has 0 rings (SSSR count). The second-order valence-electron chi connectivity index (χ2n) is 3.17. The van der Waals surface area contributed by atoms with Gasteiger partial charge in [0.05, 0.1) is 12.7 Å². The topological polar surface area (TPSA) is 67.5 Å². The second-order valence-corrected chi connectivity index (χ2v) is 3.17. The number of nitrogens with one attached hydrogen (secondary N) is 1. The van der Waals surface area contributed by atoms with Crippen molar-refractivity contribution in [3.8, 4) is 0 Å². The van der Waals surface area contributed by atoms with E-state index in [1.54, 1.807) is 7.11 Å². The fourth-order valence-corrected chi connectivity index (χ4v) is 0.759. The van der Waals surface area contributed by atoms with Crippen molar-refractivity contribution in [2.24, 2.45) is 5.73 Å². The molecule has 4 nitrogen and oxygen atoms in total. The molecule has 12 heavy (non-hydrogen) atoms. The van der Waals surface area contributed by atoms with Crippen LogP contribution in [0.2, 0.25) is 0 Å². The number of aliphatic hydroxyl groups is 1. The van der Waals surface area contributed by atoms with E-state index in [4.69, 9.17) is 10.5 Å². The van der Waals surface area contributed by atoms with E-state index < -0.39 is 6.10 Å². The minimum absolute atomic E-state index is 0.0970. The quantitative estimate of drug-likeness (QED) is 0.501. The number of hydrogen-bond donors (Lipinski definition) is 3. The number of hydrogen-bond acceptors (Lipinski definition) is 4. The maximum atomic E-state index is 9.25. The van der Waals surface area contributed by atoms with Crippen LogP contribution in [0.5, 0.6) is 0 Å². The molecule has 0 aromatic carbocycles. The van der Waals surface area contributed by atoms with Gasteiger partial charge in [-0.05, 0) is 13.8 Å². The van der Waals surface area contributed by atoms with Crippen molar-refractivity contribution in [3.63, 3.8) is 0 Å². The number of rotatable bonds is 6. The van der Waals surface area contributed by atoms with E-state index in [1.165, 1.54) is 0 Å². The van der Waals surface area contributed by atoms with Gasteiger partial charge in [-0.15, -0.1) is 0 Å². The zero-order chi connectivity index (χ0) is 9.56. The number of methoxy groups -OCH3 is 1. The fraction of sp³-hybridized carbons (Fsp3) is 1.00. The van der Waals surface area contributed by atoms with Crippen LogP contribution in [-0.4, -0.2) is 43.6 Å². The van der Waals surface area contributed by atoms with Gasteiger partial charge in [-0.3, -0.25) is 0 Å². The summed E-state index contributed by atoms with van der Waals surface area (Å²) in [5.41, 5.74) is 5.62. The van der Waals surface area contributed by atoms with Crippen LogP contribution in [-0.2, 0) is 4.74 Å². The molecule has 0 aromatic heterocycles.